The Morgan fingerprint density at radius 3 is 1.79 bits per heavy atom. The van der Waals surface area contributed by atoms with Gasteiger partial charge in [0.15, 0.2) is 0 Å². The van der Waals surface area contributed by atoms with Crippen LogP contribution in [0.2, 0.25) is 0 Å². The van der Waals surface area contributed by atoms with Crippen LogP contribution in [0.1, 0.15) is 66.2 Å². The van der Waals surface area contributed by atoms with E-state index in [1.807, 2.05) is 0 Å². The van der Waals surface area contributed by atoms with Crippen molar-refractivity contribution in [1.29, 1.82) is 0 Å². The summed E-state index contributed by atoms with van der Waals surface area (Å²) in [5, 5.41) is 7.13. The van der Waals surface area contributed by atoms with E-state index in [0.717, 1.165) is 23.9 Å². The third-order valence-electron chi connectivity index (χ3n) is 9.31. The lowest BCUT2D eigenvalue weighted by molar-refractivity contribution is 0.400. The van der Waals surface area contributed by atoms with Crippen LogP contribution in [0.25, 0.3) is 0 Å². The maximum Gasteiger partial charge on any atom is 0.0438 e. The highest BCUT2D eigenvalue weighted by molar-refractivity contribution is 5.69. The van der Waals surface area contributed by atoms with Crippen molar-refractivity contribution in [2.24, 2.45) is 0 Å². The van der Waals surface area contributed by atoms with E-state index in [4.69, 9.17) is 0 Å². The molecule has 0 amide bonds. The molecule has 0 radical (unpaired) electrons. The average Bonchev–Trinajstić information content (AvgIpc) is 3.27. The number of hydrogen-bond acceptors (Lipinski definition) is 4. The zero-order valence-corrected chi connectivity index (χ0v) is 19.9. The van der Waals surface area contributed by atoms with E-state index in [1.165, 1.54) is 84.2 Å². The fraction of sp³-hybridized carbons (Fsp3) is 0.586. The molecule has 0 bridgehead atoms. The third kappa shape index (κ3) is 3.24. The quantitative estimate of drug-likeness (QED) is 0.641. The fourth-order valence-electron chi connectivity index (χ4n) is 7.92. The van der Waals surface area contributed by atoms with Gasteiger partial charge in [0.25, 0.3) is 0 Å². The molecule has 33 heavy (non-hydrogen) atoms. The highest BCUT2D eigenvalue weighted by Gasteiger charge is 2.42. The molecule has 2 saturated heterocycles. The van der Waals surface area contributed by atoms with Gasteiger partial charge in [-0.15, -0.1) is 0 Å². The number of hydrogen-bond donors (Lipinski definition) is 2. The molecular formula is C29H38N4. The summed E-state index contributed by atoms with van der Waals surface area (Å²) >= 11 is 0. The van der Waals surface area contributed by atoms with Crippen molar-refractivity contribution in [2.75, 3.05) is 49.1 Å². The SMILES string of the molecule is c1cc2c3c(c1)C1CNCCC1N3CCC2.c1cc2c3c(c1)C1CNCCC1N3CCCC2. The zero-order chi connectivity index (χ0) is 21.8. The van der Waals surface area contributed by atoms with Gasteiger partial charge in [0.05, 0.1) is 0 Å². The molecule has 8 rings (SSSR count). The van der Waals surface area contributed by atoms with Crippen molar-refractivity contribution in [2.45, 2.75) is 68.9 Å². The van der Waals surface area contributed by atoms with Gasteiger partial charge in [0.1, 0.15) is 0 Å². The second-order valence-corrected chi connectivity index (χ2v) is 11.0. The van der Waals surface area contributed by atoms with Gasteiger partial charge < -0.3 is 20.4 Å². The number of rotatable bonds is 0. The van der Waals surface area contributed by atoms with Crippen molar-refractivity contribution in [3.63, 3.8) is 0 Å². The molecule has 4 atom stereocenters. The maximum atomic E-state index is 3.57. The Kier molecular flexibility index (Phi) is 5.13. The van der Waals surface area contributed by atoms with E-state index in [2.05, 4.69) is 56.8 Å². The summed E-state index contributed by atoms with van der Waals surface area (Å²) in [5.41, 5.74) is 9.67. The normalized spacial score (nSPS) is 30.9. The first-order chi connectivity index (χ1) is 16.4. The Labute approximate surface area is 198 Å². The van der Waals surface area contributed by atoms with E-state index in [1.54, 1.807) is 33.6 Å². The molecule has 6 aliphatic rings. The smallest absolute Gasteiger partial charge is 0.0438 e. The number of anilines is 2. The number of aryl methyl sites for hydroxylation is 2. The van der Waals surface area contributed by atoms with Crippen LogP contribution in [0.3, 0.4) is 0 Å². The lowest BCUT2D eigenvalue weighted by Crippen LogP contribution is -2.45. The van der Waals surface area contributed by atoms with Gasteiger partial charge in [-0.25, -0.2) is 0 Å². The molecule has 4 heteroatoms. The lowest BCUT2D eigenvalue weighted by Gasteiger charge is -2.36. The third-order valence-corrected chi connectivity index (χ3v) is 9.31. The molecule has 6 aliphatic heterocycles. The van der Waals surface area contributed by atoms with E-state index in [0.29, 0.717) is 0 Å². The monoisotopic (exact) mass is 442 g/mol. The minimum atomic E-state index is 0.747. The number of nitrogens with zero attached hydrogens (tertiary/aromatic N) is 2. The van der Waals surface area contributed by atoms with Crippen LogP contribution in [0.4, 0.5) is 11.4 Å². The Hall–Kier alpha value is -2.04. The molecular weight excluding hydrogens is 404 g/mol. The van der Waals surface area contributed by atoms with Crippen molar-refractivity contribution in [3.05, 3.63) is 58.7 Å². The highest BCUT2D eigenvalue weighted by Crippen LogP contribution is 2.48. The lowest BCUT2D eigenvalue weighted by atomic mass is 9.89. The van der Waals surface area contributed by atoms with Crippen LogP contribution in [0.15, 0.2) is 36.4 Å². The van der Waals surface area contributed by atoms with Gasteiger partial charge in [0.2, 0.25) is 0 Å². The molecule has 174 valence electrons. The average molecular weight is 443 g/mol. The van der Waals surface area contributed by atoms with Crippen molar-refractivity contribution in [1.82, 2.24) is 10.6 Å². The summed E-state index contributed by atoms with van der Waals surface area (Å²) < 4.78 is 0. The molecule has 4 nitrogen and oxygen atoms in total. The largest absolute Gasteiger partial charge is 0.367 e. The number of piperidine rings is 2. The summed E-state index contributed by atoms with van der Waals surface area (Å²) in [6, 6.07) is 15.5. The molecule has 4 unspecified atom stereocenters. The summed E-state index contributed by atoms with van der Waals surface area (Å²) in [6.07, 6.45) is 9.27. The predicted octanol–water partition coefficient (Wildman–Crippen LogP) is 4.19. The number of nitrogens with one attached hydrogen (secondary N) is 2. The molecule has 2 aromatic carbocycles. The first-order valence-corrected chi connectivity index (χ1v) is 13.6. The highest BCUT2D eigenvalue weighted by atomic mass is 15.2. The first kappa shape index (κ1) is 20.3. The Balaban J connectivity index is 0.000000115. The molecule has 6 heterocycles. The second-order valence-electron chi connectivity index (χ2n) is 11.0. The summed E-state index contributed by atoms with van der Waals surface area (Å²) in [6.45, 7) is 7.31. The zero-order valence-electron chi connectivity index (χ0n) is 19.9. The Morgan fingerprint density at radius 1 is 0.636 bits per heavy atom. The van der Waals surface area contributed by atoms with E-state index < -0.39 is 0 Å². The molecule has 0 aliphatic carbocycles. The van der Waals surface area contributed by atoms with Crippen LogP contribution >= 0.6 is 0 Å². The van der Waals surface area contributed by atoms with E-state index in [9.17, 15) is 0 Å². The summed E-state index contributed by atoms with van der Waals surface area (Å²) in [5.74, 6) is 1.50. The minimum Gasteiger partial charge on any atom is -0.367 e. The molecule has 0 saturated carbocycles. The second kappa shape index (κ2) is 8.32. The van der Waals surface area contributed by atoms with E-state index >= 15 is 0 Å². The first-order valence-electron chi connectivity index (χ1n) is 13.6. The van der Waals surface area contributed by atoms with Crippen molar-refractivity contribution in [3.8, 4) is 0 Å². The molecule has 2 N–H and O–H groups in total. The van der Waals surface area contributed by atoms with Gasteiger partial charge in [-0.1, -0.05) is 36.4 Å². The molecule has 0 spiro atoms. The van der Waals surface area contributed by atoms with E-state index in [-0.39, 0.29) is 0 Å². The molecule has 2 aromatic rings. The Morgan fingerprint density at radius 2 is 1.18 bits per heavy atom. The number of fused-ring (bicyclic) bond motifs is 6. The van der Waals surface area contributed by atoms with Crippen LogP contribution in [-0.4, -0.2) is 51.4 Å². The Bertz CT molecular complexity index is 1030. The van der Waals surface area contributed by atoms with Crippen LogP contribution in [-0.2, 0) is 12.8 Å². The molecule has 0 aromatic heterocycles. The fourth-order valence-corrected chi connectivity index (χ4v) is 7.92. The van der Waals surface area contributed by atoms with Gasteiger partial charge >= 0.3 is 0 Å². The maximum absolute atomic E-state index is 3.57. The van der Waals surface area contributed by atoms with Gasteiger partial charge in [-0.05, 0) is 80.3 Å². The minimum absolute atomic E-state index is 0.747. The molecule has 2 fully saturated rings. The predicted molar refractivity (Wildman–Crippen MR) is 137 cm³/mol. The van der Waals surface area contributed by atoms with Crippen LogP contribution in [0, 0.1) is 0 Å². The summed E-state index contributed by atoms with van der Waals surface area (Å²) in [4.78, 5) is 5.45. The van der Waals surface area contributed by atoms with Crippen molar-refractivity contribution >= 4 is 11.4 Å². The van der Waals surface area contributed by atoms with Crippen LogP contribution < -0.4 is 20.4 Å². The number of para-hydroxylation sites is 2. The van der Waals surface area contributed by atoms with Gasteiger partial charge in [-0.3, -0.25) is 0 Å². The topological polar surface area (TPSA) is 30.5 Å². The number of benzene rings is 2. The standard InChI is InChI=1S/C15H20N2.C14H18N2/c1-2-9-17-14-7-8-16-10-13(14)12-6-3-5-11(4-1)15(12)17;1-3-10-4-2-8-16-13-6-7-15-9-12(13)11(5-1)14(10)16/h3,5-6,13-14,16H,1-2,4,7-10H2;1,3,5,12-13,15H,2,4,6-9H2. The van der Waals surface area contributed by atoms with Crippen molar-refractivity contribution < 1.29 is 0 Å². The van der Waals surface area contributed by atoms with Gasteiger partial charge in [-0.2, -0.15) is 0 Å². The summed E-state index contributed by atoms with van der Waals surface area (Å²) in [7, 11) is 0. The van der Waals surface area contributed by atoms with Crippen LogP contribution in [0.5, 0.6) is 0 Å². The van der Waals surface area contributed by atoms with Gasteiger partial charge in [0, 0.05) is 61.5 Å².